The summed E-state index contributed by atoms with van der Waals surface area (Å²) in [6.07, 6.45) is 9.81. The molecule has 0 spiro atoms. The lowest BCUT2D eigenvalue weighted by Crippen LogP contribution is -2.26. The number of aromatic nitrogens is 2. The first-order valence-corrected chi connectivity index (χ1v) is 7.19. The van der Waals surface area contributed by atoms with Crippen molar-refractivity contribution in [1.82, 2.24) is 9.97 Å². The molecule has 21 heavy (non-hydrogen) atoms. The molecule has 2 N–H and O–H groups in total. The topological polar surface area (TPSA) is 61.0 Å². The molecule has 2 rings (SSSR count). The fraction of sp³-hybridized carbons (Fsp3) is 0.250. The van der Waals surface area contributed by atoms with Crippen LogP contribution in [0.5, 0.6) is 5.75 Å². The maximum Gasteiger partial charge on any atom is 0.138 e. The van der Waals surface area contributed by atoms with Crippen molar-refractivity contribution in [2.75, 3.05) is 6.61 Å². The van der Waals surface area contributed by atoms with E-state index in [1.807, 2.05) is 37.3 Å². The van der Waals surface area contributed by atoms with Crippen LogP contribution >= 0.6 is 11.6 Å². The second-order valence-corrected chi connectivity index (χ2v) is 5.00. The van der Waals surface area contributed by atoms with Gasteiger partial charge < -0.3 is 10.5 Å². The van der Waals surface area contributed by atoms with Crippen molar-refractivity contribution in [2.45, 2.75) is 19.4 Å². The van der Waals surface area contributed by atoms with E-state index < -0.39 is 0 Å². The third kappa shape index (κ3) is 4.85. The van der Waals surface area contributed by atoms with Gasteiger partial charge in [-0.3, -0.25) is 4.98 Å². The Morgan fingerprint density at radius 3 is 2.81 bits per heavy atom. The zero-order valence-electron chi connectivity index (χ0n) is 11.9. The van der Waals surface area contributed by atoms with E-state index in [1.165, 1.54) is 0 Å². The second-order valence-electron chi connectivity index (χ2n) is 4.64. The van der Waals surface area contributed by atoms with Crippen molar-refractivity contribution < 1.29 is 4.74 Å². The molecule has 1 atom stereocenters. The average molecular weight is 304 g/mol. The van der Waals surface area contributed by atoms with E-state index in [2.05, 4.69) is 9.97 Å². The first-order valence-electron chi connectivity index (χ1n) is 6.81. The highest BCUT2D eigenvalue weighted by Crippen LogP contribution is 2.21. The summed E-state index contributed by atoms with van der Waals surface area (Å²) in [5.41, 5.74) is 7.68. The van der Waals surface area contributed by atoms with Gasteiger partial charge in [-0.05, 0) is 30.2 Å². The maximum absolute atomic E-state index is 6.10. The van der Waals surface area contributed by atoms with Gasteiger partial charge in [0.1, 0.15) is 17.5 Å². The molecule has 0 unspecified atom stereocenters. The molecule has 5 heteroatoms. The predicted molar refractivity (Wildman–Crippen MR) is 86.2 cm³/mol. The van der Waals surface area contributed by atoms with Crippen LogP contribution in [0.25, 0.3) is 12.2 Å². The Morgan fingerprint density at radius 2 is 2.10 bits per heavy atom. The smallest absolute Gasteiger partial charge is 0.138 e. The van der Waals surface area contributed by atoms with Crippen LogP contribution in [0.1, 0.15) is 24.5 Å². The van der Waals surface area contributed by atoms with Crippen LogP contribution < -0.4 is 10.5 Å². The van der Waals surface area contributed by atoms with E-state index in [9.17, 15) is 0 Å². The maximum atomic E-state index is 6.10. The summed E-state index contributed by atoms with van der Waals surface area (Å²) in [6, 6.07) is 5.71. The van der Waals surface area contributed by atoms with Crippen molar-refractivity contribution >= 4 is 23.8 Å². The zero-order chi connectivity index (χ0) is 15.1. The van der Waals surface area contributed by atoms with Crippen molar-refractivity contribution in [3.8, 4) is 5.75 Å². The van der Waals surface area contributed by atoms with E-state index in [0.717, 1.165) is 17.5 Å². The van der Waals surface area contributed by atoms with E-state index >= 15 is 0 Å². The van der Waals surface area contributed by atoms with Crippen molar-refractivity contribution in [1.29, 1.82) is 0 Å². The fourth-order valence-electron chi connectivity index (χ4n) is 1.62. The molecule has 0 aliphatic heterocycles. The molecule has 0 aromatic carbocycles. The van der Waals surface area contributed by atoms with Gasteiger partial charge in [-0.1, -0.05) is 30.7 Å². The Hall–Kier alpha value is -1.91. The Labute approximate surface area is 129 Å². The minimum Gasteiger partial charge on any atom is -0.490 e. The van der Waals surface area contributed by atoms with Gasteiger partial charge in [0.05, 0.1) is 6.20 Å². The number of pyridine rings is 2. The molecule has 2 heterocycles. The summed E-state index contributed by atoms with van der Waals surface area (Å²) in [7, 11) is 0. The molecular formula is C16H18ClN3O. The molecule has 4 nitrogen and oxygen atoms in total. The molecule has 0 saturated carbocycles. The Kier molecular flexibility index (Phi) is 5.72. The number of nitrogens with two attached hydrogens (primary N) is 1. The van der Waals surface area contributed by atoms with E-state index in [-0.39, 0.29) is 6.04 Å². The van der Waals surface area contributed by atoms with E-state index in [1.54, 1.807) is 18.6 Å². The van der Waals surface area contributed by atoms with Crippen LogP contribution in [0.2, 0.25) is 5.15 Å². The first kappa shape index (κ1) is 15.5. The normalized spacial score (nSPS) is 12.5. The quantitative estimate of drug-likeness (QED) is 0.831. The van der Waals surface area contributed by atoms with Crippen LogP contribution in [-0.4, -0.2) is 22.6 Å². The predicted octanol–water partition coefficient (Wildman–Crippen LogP) is 3.42. The van der Waals surface area contributed by atoms with Gasteiger partial charge in [-0.2, -0.15) is 0 Å². The molecule has 2 aromatic rings. The minimum absolute atomic E-state index is 0.0245. The Bertz CT molecular complexity index is 602. The zero-order valence-corrected chi connectivity index (χ0v) is 12.6. The van der Waals surface area contributed by atoms with Gasteiger partial charge >= 0.3 is 0 Å². The van der Waals surface area contributed by atoms with E-state index in [0.29, 0.717) is 17.5 Å². The SMILES string of the molecule is CC[C@H](N)COc1cnc(Cl)c(/C=C/c2ccncc2)c1. The lowest BCUT2D eigenvalue weighted by Gasteiger charge is -2.11. The molecule has 0 fully saturated rings. The molecule has 0 saturated heterocycles. The standard InChI is InChI=1S/C16H18ClN3O/c1-2-14(18)11-21-15-9-13(16(17)20-10-15)4-3-12-5-7-19-8-6-12/h3-10,14H,2,11,18H2,1H3/b4-3+/t14-/m0/s1. The lowest BCUT2D eigenvalue weighted by molar-refractivity contribution is 0.284. The van der Waals surface area contributed by atoms with Crippen molar-refractivity contribution in [3.63, 3.8) is 0 Å². The summed E-state index contributed by atoms with van der Waals surface area (Å²) in [6.45, 7) is 2.49. The van der Waals surface area contributed by atoms with Gasteiger partial charge in [-0.15, -0.1) is 0 Å². The summed E-state index contributed by atoms with van der Waals surface area (Å²) in [5, 5.41) is 0.437. The number of rotatable bonds is 6. The number of nitrogens with zero attached hydrogens (tertiary/aromatic N) is 2. The average Bonchev–Trinajstić information content (AvgIpc) is 2.53. The third-order valence-electron chi connectivity index (χ3n) is 2.99. The molecule has 110 valence electrons. The van der Waals surface area contributed by atoms with Gasteiger partial charge in [0.25, 0.3) is 0 Å². The van der Waals surface area contributed by atoms with Crippen molar-refractivity contribution in [3.05, 3.63) is 53.1 Å². The molecule has 0 amide bonds. The number of halogens is 1. The Balaban J connectivity index is 2.10. The highest BCUT2D eigenvalue weighted by atomic mass is 35.5. The van der Waals surface area contributed by atoms with Crippen LogP contribution in [0.4, 0.5) is 0 Å². The van der Waals surface area contributed by atoms with Gasteiger partial charge in [0.2, 0.25) is 0 Å². The van der Waals surface area contributed by atoms with Crippen molar-refractivity contribution in [2.24, 2.45) is 5.73 Å². The fourth-order valence-corrected chi connectivity index (χ4v) is 1.79. The number of hydrogen-bond donors (Lipinski definition) is 1. The summed E-state index contributed by atoms with van der Waals surface area (Å²) in [4.78, 5) is 8.11. The van der Waals surface area contributed by atoms with Gasteiger partial charge in [-0.25, -0.2) is 4.98 Å². The third-order valence-corrected chi connectivity index (χ3v) is 3.31. The molecule has 0 bridgehead atoms. The van der Waals surface area contributed by atoms with E-state index in [4.69, 9.17) is 22.1 Å². The molecular weight excluding hydrogens is 286 g/mol. The van der Waals surface area contributed by atoms with Crippen LogP contribution in [0.3, 0.4) is 0 Å². The monoisotopic (exact) mass is 303 g/mol. The van der Waals surface area contributed by atoms with Crippen LogP contribution in [0, 0.1) is 0 Å². The Morgan fingerprint density at radius 1 is 1.33 bits per heavy atom. The summed E-state index contributed by atoms with van der Waals surface area (Å²) in [5.74, 6) is 0.665. The van der Waals surface area contributed by atoms with Gasteiger partial charge in [0, 0.05) is 24.0 Å². The highest BCUT2D eigenvalue weighted by molar-refractivity contribution is 6.31. The molecule has 0 radical (unpaired) electrons. The van der Waals surface area contributed by atoms with Gasteiger partial charge in [0.15, 0.2) is 0 Å². The largest absolute Gasteiger partial charge is 0.490 e. The summed E-state index contributed by atoms with van der Waals surface area (Å²) < 4.78 is 5.62. The first-order chi connectivity index (χ1) is 10.2. The summed E-state index contributed by atoms with van der Waals surface area (Å²) >= 11 is 6.10. The molecule has 0 aliphatic carbocycles. The van der Waals surface area contributed by atoms with Crippen LogP contribution in [-0.2, 0) is 0 Å². The van der Waals surface area contributed by atoms with Crippen LogP contribution in [0.15, 0.2) is 36.8 Å². The number of ether oxygens (including phenoxy) is 1. The molecule has 0 aliphatic rings. The highest BCUT2D eigenvalue weighted by Gasteiger charge is 2.04. The second kappa shape index (κ2) is 7.76. The number of hydrogen-bond acceptors (Lipinski definition) is 4. The molecule has 2 aromatic heterocycles. The lowest BCUT2D eigenvalue weighted by atomic mass is 10.2. The minimum atomic E-state index is 0.0245.